The quantitative estimate of drug-likeness (QED) is 0.391. The van der Waals surface area contributed by atoms with Crippen LogP contribution in [0.2, 0.25) is 10.0 Å². The van der Waals surface area contributed by atoms with Crippen LogP contribution in [-0.2, 0) is 26.2 Å². The molecule has 2 aromatic carbocycles. The van der Waals surface area contributed by atoms with Crippen LogP contribution in [0.4, 0.5) is 5.69 Å². The van der Waals surface area contributed by atoms with Crippen LogP contribution in [0.3, 0.4) is 0 Å². The van der Waals surface area contributed by atoms with Crippen LogP contribution in [0, 0.1) is 0 Å². The highest BCUT2D eigenvalue weighted by atomic mass is 35.5. The number of anilines is 1. The predicted molar refractivity (Wildman–Crippen MR) is 144 cm³/mol. The summed E-state index contributed by atoms with van der Waals surface area (Å²) in [5.41, 5.74) is 1.20. The Morgan fingerprint density at radius 2 is 1.75 bits per heavy atom. The molecule has 0 bridgehead atoms. The van der Waals surface area contributed by atoms with Crippen LogP contribution in [0.1, 0.15) is 38.7 Å². The average Bonchev–Trinajstić information content (AvgIpc) is 2.84. The van der Waals surface area contributed by atoms with Crippen LogP contribution in [0.5, 0.6) is 5.75 Å². The Kier molecular flexibility index (Phi) is 11.3. The molecule has 0 aliphatic rings. The zero-order valence-electron chi connectivity index (χ0n) is 21.0. The lowest BCUT2D eigenvalue weighted by atomic mass is 10.1. The molecule has 36 heavy (non-hydrogen) atoms. The summed E-state index contributed by atoms with van der Waals surface area (Å²) < 4.78 is 31.2. The summed E-state index contributed by atoms with van der Waals surface area (Å²) >= 11 is 12.2. The largest absolute Gasteiger partial charge is 0.497 e. The molecule has 1 unspecified atom stereocenters. The topological polar surface area (TPSA) is 96.0 Å². The van der Waals surface area contributed by atoms with Gasteiger partial charge >= 0.3 is 0 Å². The second-order valence-corrected chi connectivity index (χ2v) is 11.1. The van der Waals surface area contributed by atoms with Crippen molar-refractivity contribution < 1.29 is 22.7 Å². The fourth-order valence-corrected chi connectivity index (χ4v) is 4.85. The molecule has 0 aliphatic carbocycles. The summed E-state index contributed by atoms with van der Waals surface area (Å²) in [5, 5.41) is 3.57. The molecule has 1 N–H and O–H groups in total. The summed E-state index contributed by atoms with van der Waals surface area (Å²) in [6.07, 6.45) is 2.20. The molecule has 2 amide bonds. The van der Waals surface area contributed by atoms with Crippen LogP contribution < -0.4 is 14.4 Å². The molecule has 0 aromatic heterocycles. The van der Waals surface area contributed by atoms with Gasteiger partial charge in [0, 0.05) is 26.1 Å². The van der Waals surface area contributed by atoms with Crippen molar-refractivity contribution >= 4 is 50.7 Å². The van der Waals surface area contributed by atoms with Gasteiger partial charge in [0.25, 0.3) is 0 Å². The maximum Gasteiger partial charge on any atom is 0.242 e. The maximum atomic E-state index is 13.3. The third-order valence-electron chi connectivity index (χ3n) is 5.57. The molecule has 8 nitrogen and oxygen atoms in total. The van der Waals surface area contributed by atoms with Crippen LogP contribution in [-0.4, -0.2) is 57.6 Å². The summed E-state index contributed by atoms with van der Waals surface area (Å²) in [5.74, 6) is 0.0697. The van der Waals surface area contributed by atoms with E-state index in [2.05, 4.69) is 5.32 Å². The SMILES string of the molecule is CCCNC(=O)C(C)N(Cc1ccc(Cl)c(Cl)c1)C(=O)CCCN(c1ccc(OC)cc1)S(C)(=O)=O. The second-order valence-electron chi connectivity index (χ2n) is 8.37. The first-order valence-electron chi connectivity index (χ1n) is 11.6. The van der Waals surface area contributed by atoms with Gasteiger partial charge in [0.15, 0.2) is 0 Å². The third kappa shape index (κ3) is 8.57. The Labute approximate surface area is 223 Å². The molecule has 0 aliphatic heterocycles. The van der Waals surface area contributed by atoms with Gasteiger partial charge in [0.2, 0.25) is 21.8 Å². The second kappa shape index (κ2) is 13.7. The highest BCUT2D eigenvalue weighted by Crippen LogP contribution is 2.25. The average molecular weight is 559 g/mol. The monoisotopic (exact) mass is 557 g/mol. The van der Waals surface area contributed by atoms with Gasteiger partial charge in [-0.25, -0.2) is 8.42 Å². The number of hydrogen-bond acceptors (Lipinski definition) is 5. The van der Waals surface area contributed by atoms with Gasteiger partial charge in [0.05, 0.1) is 29.1 Å². The minimum absolute atomic E-state index is 0.0505. The van der Waals surface area contributed by atoms with E-state index in [4.69, 9.17) is 27.9 Å². The third-order valence-corrected chi connectivity index (χ3v) is 7.50. The molecule has 0 saturated carbocycles. The van der Waals surface area contributed by atoms with E-state index in [-0.39, 0.29) is 37.7 Å². The van der Waals surface area contributed by atoms with Gasteiger partial charge in [-0.1, -0.05) is 36.2 Å². The molecule has 2 aromatic rings. The molecule has 198 valence electrons. The molecule has 0 heterocycles. The Hall–Kier alpha value is -2.49. The van der Waals surface area contributed by atoms with Crippen LogP contribution in [0.15, 0.2) is 42.5 Å². The summed E-state index contributed by atoms with van der Waals surface area (Å²) in [6, 6.07) is 11.0. The molecule has 0 radical (unpaired) electrons. The molecular weight excluding hydrogens is 525 g/mol. The van der Waals surface area contributed by atoms with Gasteiger partial charge < -0.3 is 15.0 Å². The number of hydrogen-bond donors (Lipinski definition) is 1. The minimum Gasteiger partial charge on any atom is -0.497 e. The lowest BCUT2D eigenvalue weighted by Gasteiger charge is -2.29. The number of halogens is 2. The number of rotatable bonds is 13. The molecule has 2 rings (SSSR count). The van der Waals surface area contributed by atoms with Gasteiger partial charge in [-0.3, -0.25) is 13.9 Å². The summed E-state index contributed by atoms with van der Waals surface area (Å²) in [6.45, 7) is 4.38. The minimum atomic E-state index is -3.58. The van der Waals surface area contributed by atoms with E-state index in [1.165, 1.54) is 16.3 Å². The fraction of sp³-hybridized carbons (Fsp3) is 0.440. The van der Waals surface area contributed by atoms with E-state index < -0.39 is 16.1 Å². The molecule has 0 saturated heterocycles. The number of carbonyl (C=O) groups excluding carboxylic acids is 2. The Bertz CT molecular complexity index is 1140. The van der Waals surface area contributed by atoms with Gasteiger partial charge in [-0.05, 0) is 61.7 Å². The standard InChI is InChI=1S/C25H33Cl2N3O5S/c1-5-14-28-25(32)18(2)29(17-19-8-13-22(26)23(27)16-19)24(31)7-6-15-30(36(4,33)34)20-9-11-21(35-3)12-10-20/h8-13,16,18H,5-7,14-15,17H2,1-4H3,(H,28,32). The molecule has 0 spiro atoms. The van der Waals surface area contributed by atoms with Crippen molar-refractivity contribution in [2.24, 2.45) is 0 Å². The van der Waals surface area contributed by atoms with E-state index >= 15 is 0 Å². The number of carbonyl (C=O) groups is 2. The van der Waals surface area contributed by atoms with Crippen molar-refractivity contribution in [2.45, 2.75) is 45.7 Å². The summed E-state index contributed by atoms with van der Waals surface area (Å²) in [7, 11) is -2.05. The van der Waals surface area contributed by atoms with E-state index in [9.17, 15) is 18.0 Å². The number of amides is 2. The fourth-order valence-electron chi connectivity index (χ4n) is 3.57. The van der Waals surface area contributed by atoms with Gasteiger partial charge in [-0.15, -0.1) is 0 Å². The zero-order chi connectivity index (χ0) is 26.9. The molecule has 11 heteroatoms. The molecule has 1 atom stereocenters. The molecule has 0 fully saturated rings. The Morgan fingerprint density at radius 3 is 2.31 bits per heavy atom. The Balaban J connectivity index is 2.17. The van der Waals surface area contributed by atoms with Crippen molar-refractivity contribution in [1.82, 2.24) is 10.2 Å². The van der Waals surface area contributed by atoms with E-state index in [0.717, 1.165) is 18.2 Å². The van der Waals surface area contributed by atoms with Crippen LogP contribution in [0.25, 0.3) is 0 Å². The van der Waals surface area contributed by atoms with Crippen molar-refractivity contribution in [3.05, 3.63) is 58.1 Å². The lowest BCUT2D eigenvalue weighted by Crippen LogP contribution is -2.47. The number of nitrogens with one attached hydrogen (secondary N) is 1. The number of benzene rings is 2. The van der Waals surface area contributed by atoms with E-state index in [1.807, 2.05) is 6.92 Å². The van der Waals surface area contributed by atoms with Crippen molar-refractivity contribution in [2.75, 3.05) is 30.8 Å². The predicted octanol–water partition coefficient (Wildman–Crippen LogP) is 4.49. The van der Waals surface area contributed by atoms with E-state index in [1.54, 1.807) is 49.4 Å². The zero-order valence-corrected chi connectivity index (χ0v) is 23.3. The van der Waals surface area contributed by atoms with Gasteiger partial charge in [-0.2, -0.15) is 0 Å². The number of ether oxygens (including phenoxy) is 1. The lowest BCUT2D eigenvalue weighted by molar-refractivity contribution is -0.140. The Morgan fingerprint density at radius 1 is 1.08 bits per heavy atom. The van der Waals surface area contributed by atoms with Gasteiger partial charge in [0.1, 0.15) is 11.8 Å². The number of methoxy groups -OCH3 is 1. The van der Waals surface area contributed by atoms with Crippen LogP contribution >= 0.6 is 23.2 Å². The normalized spacial score (nSPS) is 12.1. The molecular formula is C25H33Cl2N3O5S. The maximum absolute atomic E-state index is 13.3. The van der Waals surface area contributed by atoms with Crippen molar-refractivity contribution in [3.63, 3.8) is 0 Å². The van der Waals surface area contributed by atoms with Crippen molar-refractivity contribution in [1.29, 1.82) is 0 Å². The smallest absolute Gasteiger partial charge is 0.242 e. The van der Waals surface area contributed by atoms with Crippen molar-refractivity contribution in [3.8, 4) is 5.75 Å². The first-order chi connectivity index (χ1) is 17.0. The first-order valence-corrected chi connectivity index (χ1v) is 14.2. The highest BCUT2D eigenvalue weighted by Gasteiger charge is 2.26. The number of nitrogens with zero attached hydrogens (tertiary/aromatic N) is 2. The summed E-state index contributed by atoms with van der Waals surface area (Å²) in [4.78, 5) is 27.4. The highest BCUT2D eigenvalue weighted by molar-refractivity contribution is 7.92. The van der Waals surface area contributed by atoms with E-state index in [0.29, 0.717) is 28.0 Å². The number of sulfonamides is 1. The first kappa shape index (κ1) is 29.7.